The number of halogens is 3. The predicted octanol–water partition coefficient (Wildman–Crippen LogP) is 2.46. The van der Waals surface area contributed by atoms with Gasteiger partial charge < -0.3 is 26.0 Å². The van der Waals surface area contributed by atoms with Gasteiger partial charge in [-0.1, -0.05) is 12.1 Å². The summed E-state index contributed by atoms with van der Waals surface area (Å²) >= 11 is 0. The van der Waals surface area contributed by atoms with E-state index in [1.807, 2.05) is 18.2 Å². The second kappa shape index (κ2) is 7.28. The number of para-hydroxylation sites is 1. The Balaban J connectivity index is 0.000000321. The number of aliphatic carboxylic acids is 1. The Morgan fingerprint density at radius 2 is 2.04 bits per heavy atom. The first-order valence-electron chi connectivity index (χ1n) is 7.21. The fourth-order valence-electron chi connectivity index (χ4n) is 2.27. The van der Waals surface area contributed by atoms with Crippen molar-refractivity contribution in [3.8, 4) is 23.4 Å². The van der Waals surface area contributed by atoms with Crippen LogP contribution in [0.25, 0.3) is 0 Å². The SMILES string of the molecule is COc1cccc2c1Oc1nc(N)c(C#N)c(N)c1C2.O=C(O)C(F)(F)F. The number of hydrogen-bond acceptors (Lipinski definition) is 7. The summed E-state index contributed by atoms with van der Waals surface area (Å²) in [5.74, 6) is -1.12. The van der Waals surface area contributed by atoms with Gasteiger partial charge in [0, 0.05) is 17.5 Å². The van der Waals surface area contributed by atoms with Gasteiger partial charge in [-0.15, -0.1) is 0 Å². The molecule has 2 aromatic rings. The van der Waals surface area contributed by atoms with Gasteiger partial charge >= 0.3 is 12.1 Å². The van der Waals surface area contributed by atoms with E-state index >= 15 is 0 Å². The van der Waals surface area contributed by atoms with Gasteiger partial charge in [0.05, 0.1) is 12.8 Å². The van der Waals surface area contributed by atoms with Gasteiger partial charge in [0.15, 0.2) is 11.5 Å². The fourth-order valence-corrected chi connectivity index (χ4v) is 2.27. The Morgan fingerprint density at radius 1 is 1.41 bits per heavy atom. The number of carboxylic acid groups (broad SMARTS) is 1. The van der Waals surface area contributed by atoms with E-state index in [4.69, 9.17) is 36.1 Å². The molecule has 1 aromatic heterocycles. The predicted molar refractivity (Wildman–Crippen MR) is 87.3 cm³/mol. The number of hydrogen-bond donors (Lipinski definition) is 3. The second-order valence-electron chi connectivity index (χ2n) is 5.21. The number of carbonyl (C=O) groups is 1. The van der Waals surface area contributed by atoms with Gasteiger partial charge in [-0.05, 0) is 6.07 Å². The highest BCUT2D eigenvalue weighted by Gasteiger charge is 2.38. The third kappa shape index (κ3) is 3.95. The lowest BCUT2D eigenvalue weighted by atomic mass is 9.99. The van der Waals surface area contributed by atoms with Gasteiger partial charge in [0.2, 0.25) is 5.88 Å². The van der Waals surface area contributed by atoms with Crippen LogP contribution in [0.1, 0.15) is 16.7 Å². The summed E-state index contributed by atoms with van der Waals surface area (Å²) in [5, 5.41) is 16.2. The van der Waals surface area contributed by atoms with E-state index < -0.39 is 12.1 Å². The van der Waals surface area contributed by atoms with Crippen molar-refractivity contribution in [3.05, 3.63) is 34.9 Å². The first-order valence-corrected chi connectivity index (χ1v) is 7.21. The number of nitrogens with zero attached hydrogens (tertiary/aromatic N) is 2. The first-order chi connectivity index (χ1) is 12.6. The lowest BCUT2D eigenvalue weighted by molar-refractivity contribution is -0.192. The lowest BCUT2D eigenvalue weighted by Gasteiger charge is -2.23. The molecule has 0 spiro atoms. The third-order valence-corrected chi connectivity index (χ3v) is 3.53. The van der Waals surface area contributed by atoms with E-state index in [9.17, 15) is 13.2 Å². The van der Waals surface area contributed by atoms with Crippen molar-refractivity contribution in [2.24, 2.45) is 0 Å². The monoisotopic (exact) mass is 382 g/mol. The molecule has 0 saturated heterocycles. The Labute approximate surface area is 150 Å². The minimum atomic E-state index is -5.08. The van der Waals surface area contributed by atoms with Crippen molar-refractivity contribution in [2.45, 2.75) is 12.6 Å². The summed E-state index contributed by atoms with van der Waals surface area (Å²) in [4.78, 5) is 13.0. The Kier molecular flexibility index (Phi) is 5.30. The van der Waals surface area contributed by atoms with Gasteiger partial charge in [0.25, 0.3) is 0 Å². The van der Waals surface area contributed by atoms with E-state index in [0.717, 1.165) is 5.56 Å². The molecule has 27 heavy (non-hydrogen) atoms. The number of alkyl halides is 3. The smallest absolute Gasteiger partial charge is 0.490 e. The van der Waals surface area contributed by atoms with E-state index in [2.05, 4.69) is 4.98 Å². The molecule has 0 fully saturated rings. The number of pyridine rings is 1. The molecule has 0 aliphatic carbocycles. The average Bonchev–Trinajstić information content (AvgIpc) is 2.60. The van der Waals surface area contributed by atoms with Gasteiger partial charge in [-0.2, -0.15) is 23.4 Å². The maximum absolute atomic E-state index is 10.6. The molecule has 1 aliphatic rings. The first kappa shape index (κ1) is 19.6. The van der Waals surface area contributed by atoms with Crippen LogP contribution < -0.4 is 20.9 Å². The van der Waals surface area contributed by atoms with Crippen LogP contribution in [0, 0.1) is 11.3 Å². The number of nitrogen functional groups attached to an aromatic ring is 2. The molecule has 0 amide bonds. The maximum Gasteiger partial charge on any atom is 0.490 e. The van der Waals surface area contributed by atoms with Crippen LogP contribution in [-0.4, -0.2) is 29.3 Å². The number of nitrogens with two attached hydrogens (primary N) is 2. The highest BCUT2D eigenvalue weighted by Crippen LogP contribution is 2.44. The van der Waals surface area contributed by atoms with E-state index in [0.29, 0.717) is 35.1 Å². The molecule has 2 heterocycles. The summed E-state index contributed by atoms with van der Waals surface area (Å²) in [5.41, 5.74) is 13.8. The minimum Gasteiger partial charge on any atom is -0.493 e. The molecule has 0 radical (unpaired) electrons. The van der Waals surface area contributed by atoms with Crippen molar-refractivity contribution in [2.75, 3.05) is 18.6 Å². The summed E-state index contributed by atoms with van der Waals surface area (Å²) in [7, 11) is 1.57. The Morgan fingerprint density at radius 3 is 2.56 bits per heavy atom. The van der Waals surface area contributed by atoms with Crippen LogP contribution in [0.5, 0.6) is 17.4 Å². The molecule has 142 valence electrons. The number of rotatable bonds is 1. The molecule has 5 N–H and O–H groups in total. The topological polar surface area (TPSA) is 144 Å². The van der Waals surface area contributed by atoms with Gasteiger partial charge in [-0.25, -0.2) is 4.79 Å². The fraction of sp³-hybridized carbons (Fsp3) is 0.188. The number of methoxy groups -OCH3 is 1. The highest BCUT2D eigenvalue weighted by atomic mass is 19.4. The summed E-state index contributed by atoms with van der Waals surface area (Å²) in [6, 6.07) is 7.57. The van der Waals surface area contributed by atoms with E-state index in [1.54, 1.807) is 13.2 Å². The van der Waals surface area contributed by atoms with Crippen molar-refractivity contribution in [1.82, 2.24) is 4.98 Å². The third-order valence-electron chi connectivity index (χ3n) is 3.53. The molecule has 1 aliphatic heterocycles. The van der Waals surface area contributed by atoms with Gasteiger partial charge in [-0.3, -0.25) is 0 Å². The van der Waals surface area contributed by atoms with Crippen LogP contribution in [0.2, 0.25) is 0 Å². The molecule has 1 aromatic carbocycles. The molecule has 3 rings (SSSR count). The summed E-state index contributed by atoms with van der Waals surface area (Å²) < 4.78 is 42.8. The molecular formula is C16H13F3N4O4. The lowest BCUT2D eigenvalue weighted by Crippen LogP contribution is -2.21. The van der Waals surface area contributed by atoms with Crippen LogP contribution >= 0.6 is 0 Å². The number of fused-ring (bicyclic) bond motifs is 2. The van der Waals surface area contributed by atoms with Crippen LogP contribution in [-0.2, 0) is 11.2 Å². The highest BCUT2D eigenvalue weighted by molar-refractivity contribution is 5.73. The number of anilines is 2. The number of ether oxygens (including phenoxy) is 2. The largest absolute Gasteiger partial charge is 0.493 e. The van der Waals surface area contributed by atoms with Crippen LogP contribution in [0.3, 0.4) is 0 Å². The van der Waals surface area contributed by atoms with Crippen molar-refractivity contribution in [1.29, 1.82) is 5.26 Å². The zero-order valence-corrected chi connectivity index (χ0v) is 13.8. The van der Waals surface area contributed by atoms with Crippen molar-refractivity contribution in [3.63, 3.8) is 0 Å². The van der Waals surface area contributed by atoms with Gasteiger partial charge in [0.1, 0.15) is 17.5 Å². The van der Waals surface area contributed by atoms with Crippen molar-refractivity contribution < 1.29 is 32.5 Å². The minimum absolute atomic E-state index is 0.0714. The number of benzene rings is 1. The van der Waals surface area contributed by atoms with Crippen LogP contribution in [0.15, 0.2) is 18.2 Å². The number of nitriles is 1. The summed E-state index contributed by atoms with van der Waals surface area (Å²) in [6.45, 7) is 0. The van der Waals surface area contributed by atoms with Crippen LogP contribution in [0.4, 0.5) is 24.7 Å². The number of aromatic nitrogens is 1. The standard InChI is InChI=1S/C14H12N4O2.C2HF3O2/c1-19-10-4-2-3-7-5-8-11(16)9(6-15)13(17)18-14(8)20-12(7)10;3-2(4,5)1(6)7/h2-4H,5H2,1H3,(H4,16,17,18);(H,6,7). The van der Waals surface area contributed by atoms with E-state index in [-0.39, 0.29) is 11.4 Å². The quantitative estimate of drug-likeness (QED) is 0.582. The second-order valence-corrected chi connectivity index (χ2v) is 5.21. The average molecular weight is 382 g/mol. The molecule has 0 unspecified atom stereocenters. The molecule has 0 bridgehead atoms. The molecule has 8 nitrogen and oxygen atoms in total. The maximum atomic E-state index is 10.6. The zero-order chi connectivity index (χ0) is 20.4. The molecule has 0 atom stereocenters. The van der Waals surface area contributed by atoms with Crippen molar-refractivity contribution >= 4 is 17.5 Å². The molecule has 0 saturated carbocycles. The molecule has 11 heteroatoms. The van der Waals surface area contributed by atoms with E-state index in [1.165, 1.54) is 0 Å². The Bertz CT molecular complexity index is 939. The summed E-state index contributed by atoms with van der Waals surface area (Å²) in [6.07, 6.45) is -4.56. The Hall–Kier alpha value is -3.68. The zero-order valence-electron chi connectivity index (χ0n) is 13.8. The molecular weight excluding hydrogens is 369 g/mol. The number of carboxylic acids is 1. The normalized spacial score (nSPS) is 11.7.